The van der Waals surface area contributed by atoms with E-state index in [9.17, 15) is 19.0 Å². The maximum atomic E-state index is 14.3. The van der Waals surface area contributed by atoms with Gasteiger partial charge >= 0.3 is 0 Å². The Hall–Kier alpha value is -2.85. The number of hydrogen-bond acceptors (Lipinski definition) is 7. The van der Waals surface area contributed by atoms with E-state index < -0.39 is 17.2 Å². The lowest BCUT2D eigenvalue weighted by Crippen LogP contribution is -2.38. The molecule has 3 aromatic rings. The summed E-state index contributed by atoms with van der Waals surface area (Å²) in [6.07, 6.45) is 3.60. The molecule has 0 aliphatic heterocycles. The van der Waals surface area contributed by atoms with Gasteiger partial charge in [0.05, 0.1) is 24.1 Å². The van der Waals surface area contributed by atoms with Crippen molar-refractivity contribution < 1.29 is 19.0 Å². The molecule has 0 unspecified atom stereocenters. The Morgan fingerprint density at radius 1 is 1.23 bits per heavy atom. The highest BCUT2D eigenvalue weighted by Crippen LogP contribution is 2.38. The molecular weight excluding hydrogens is 406 g/mol. The second-order valence-corrected chi connectivity index (χ2v) is 8.37. The molecule has 0 saturated heterocycles. The van der Waals surface area contributed by atoms with E-state index in [1.54, 1.807) is 6.20 Å². The van der Waals surface area contributed by atoms with Crippen LogP contribution in [-0.2, 0) is 0 Å². The first kappa shape index (κ1) is 21.4. The minimum atomic E-state index is -1.09. The largest absolute Gasteiger partial charge is 0.393 e. The zero-order valence-corrected chi connectivity index (χ0v) is 17.4. The number of hydrogen-bond donors (Lipinski definition) is 4. The van der Waals surface area contributed by atoms with Crippen molar-refractivity contribution in [3.63, 3.8) is 0 Å². The van der Waals surface area contributed by atoms with Gasteiger partial charge in [-0.1, -0.05) is 0 Å². The van der Waals surface area contributed by atoms with Crippen molar-refractivity contribution in [3.8, 4) is 0 Å². The Morgan fingerprint density at radius 2 is 1.97 bits per heavy atom. The van der Waals surface area contributed by atoms with Crippen LogP contribution >= 0.6 is 0 Å². The molecule has 2 heterocycles. The summed E-state index contributed by atoms with van der Waals surface area (Å²) < 4.78 is 29.5. The number of nitrogens with zero attached hydrogens (tertiary/aromatic N) is 4. The number of aliphatic hydroxyl groups is 2. The average Bonchev–Trinajstić information content (AvgIpc) is 3.07. The molecule has 2 aromatic heterocycles. The normalized spacial score (nSPS) is 21.6. The summed E-state index contributed by atoms with van der Waals surface area (Å²) in [4.78, 5) is 13.5. The molecule has 1 fully saturated rings. The summed E-state index contributed by atoms with van der Waals surface area (Å²) in [5.74, 6) is -0.589. The van der Waals surface area contributed by atoms with Crippen molar-refractivity contribution in [1.82, 2.24) is 19.5 Å². The Bertz CT molecular complexity index is 1080. The minimum absolute atomic E-state index is 0.0790. The molecular formula is C21H26F2N6O2. The molecule has 10 heteroatoms. The van der Waals surface area contributed by atoms with Crippen molar-refractivity contribution in [2.45, 2.75) is 57.2 Å². The number of anilines is 3. The van der Waals surface area contributed by atoms with Crippen LogP contribution in [0.2, 0.25) is 0 Å². The quantitative estimate of drug-likeness (QED) is 0.472. The molecule has 1 saturated carbocycles. The van der Waals surface area contributed by atoms with Gasteiger partial charge < -0.3 is 20.8 Å². The van der Waals surface area contributed by atoms with Crippen LogP contribution in [0.25, 0.3) is 11.2 Å². The first-order chi connectivity index (χ1) is 14.8. The summed E-state index contributed by atoms with van der Waals surface area (Å²) in [7, 11) is 0. The number of aromatic nitrogens is 4. The van der Waals surface area contributed by atoms with Crippen LogP contribution in [-0.4, -0.2) is 48.0 Å². The van der Waals surface area contributed by atoms with Crippen LogP contribution in [0.3, 0.4) is 0 Å². The Labute approximate surface area is 178 Å². The third-order valence-electron chi connectivity index (χ3n) is 5.57. The molecule has 0 radical (unpaired) electrons. The van der Waals surface area contributed by atoms with Crippen LogP contribution in [0.4, 0.5) is 26.4 Å². The molecule has 1 aliphatic rings. The van der Waals surface area contributed by atoms with Gasteiger partial charge in [-0.05, 0) is 51.7 Å². The van der Waals surface area contributed by atoms with Crippen molar-refractivity contribution in [1.29, 1.82) is 0 Å². The Balaban J connectivity index is 1.76. The van der Waals surface area contributed by atoms with Gasteiger partial charge in [0.2, 0.25) is 11.9 Å². The standard InChI is InChI=1S/C21H26F2N6O2/c1-12(2)25-19-24-10-17-18(28-19)29(14-5-7-21(31,11-30)8-6-14)20(27-17)26-16-4-3-13(22)9-15(16)23/h3-4,9-10,12,14,30-31H,5-8,11H2,1-2H3,(H,26,27)(H,24,25,28). The lowest BCUT2D eigenvalue weighted by molar-refractivity contribution is -0.0498. The lowest BCUT2D eigenvalue weighted by atomic mass is 9.82. The summed E-state index contributed by atoms with van der Waals surface area (Å²) in [6, 6.07) is 3.35. The van der Waals surface area contributed by atoms with Gasteiger partial charge in [-0.2, -0.15) is 4.98 Å². The zero-order valence-electron chi connectivity index (χ0n) is 17.4. The van der Waals surface area contributed by atoms with Crippen LogP contribution in [0.15, 0.2) is 24.4 Å². The predicted octanol–water partition coefficient (Wildman–Crippen LogP) is 3.51. The van der Waals surface area contributed by atoms with Crippen molar-refractivity contribution in [3.05, 3.63) is 36.0 Å². The highest BCUT2D eigenvalue weighted by Gasteiger charge is 2.35. The van der Waals surface area contributed by atoms with Gasteiger partial charge in [0, 0.05) is 18.2 Å². The lowest BCUT2D eigenvalue weighted by Gasteiger charge is -2.35. The van der Waals surface area contributed by atoms with Gasteiger partial charge in [-0.25, -0.2) is 18.7 Å². The van der Waals surface area contributed by atoms with Crippen molar-refractivity contribution in [2.75, 3.05) is 17.2 Å². The number of aliphatic hydroxyl groups excluding tert-OH is 1. The van der Waals surface area contributed by atoms with Crippen LogP contribution in [0.5, 0.6) is 0 Å². The SMILES string of the molecule is CC(C)Nc1ncc2nc(Nc3ccc(F)cc3F)n(C3CCC(O)(CO)CC3)c2n1. The summed E-state index contributed by atoms with van der Waals surface area (Å²) in [5, 5.41) is 26.0. The number of imidazole rings is 1. The summed E-state index contributed by atoms with van der Waals surface area (Å²) in [5.41, 5.74) is 0.0992. The Morgan fingerprint density at radius 3 is 2.61 bits per heavy atom. The van der Waals surface area contributed by atoms with E-state index in [4.69, 9.17) is 0 Å². The second kappa shape index (κ2) is 8.35. The fraction of sp³-hybridized carbons (Fsp3) is 0.476. The van der Waals surface area contributed by atoms with Crippen LogP contribution in [0.1, 0.15) is 45.6 Å². The maximum absolute atomic E-state index is 14.3. The van der Waals surface area contributed by atoms with E-state index >= 15 is 0 Å². The van der Waals surface area contributed by atoms with E-state index in [1.165, 1.54) is 12.1 Å². The van der Waals surface area contributed by atoms with Crippen LogP contribution in [0, 0.1) is 11.6 Å². The third kappa shape index (κ3) is 4.45. The van der Waals surface area contributed by atoms with E-state index in [2.05, 4.69) is 25.6 Å². The molecule has 0 spiro atoms. The maximum Gasteiger partial charge on any atom is 0.224 e. The molecule has 4 rings (SSSR count). The molecule has 4 N–H and O–H groups in total. The topological polar surface area (TPSA) is 108 Å². The number of nitrogens with one attached hydrogen (secondary N) is 2. The smallest absolute Gasteiger partial charge is 0.224 e. The molecule has 1 aromatic carbocycles. The number of rotatable bonds is 6. The fourth-order valence-electron chi connectivity index (χ4n) is 3.92. The fourth-order valence-corrected chi connectivity index (χ4v) is 3.92. The molecule has 1 aliphatic carbocycles. The predicted molar refractivity (Wildman–Crippen MR) is 113 cm³/mol. The van der Waals surface area contributed by atoms with Gasteiger partial charge in [-0.15, -0.1) is 0 Å². The van der Waals surface area contributed by atoms with Crippen LogP contribution < -0.4 is 10.6 Å². The van der Waals surface area contributed by atoms with Gasteiger partial charge in [0.25, 0.3) is 0 Å². The molecule has 8 nitrogen and oxygen atoms in total. The molecule has 0 bridgehead atoms. The van der Waals surface area contributed by atoms with E-state index in [0.717, 1.165) is 6.07 Å². The van der Waals surface area contributed by atoms with E-state index in [-0.39, 0.29) is 24.4 Å². The number of benzene rings is 1. The monoisotopic (exact) mass is 432 g/mol. The molecule has 166 valence electrons. The van der Waals surface area contributed by atoms with E-state index in [1.807, 2.05) is 18.4 Å². The highest BCUT2D eigenvalue weighted by atomic mass is 19.1. The Kier molecular flexibility index (Phi) is 5.76. The molecule has 0 amide bonds. The average molecular weight is 432 g/mol. The molecule has 0 atom stereocenters. The zero-order chi connectivity index (χ0) is 22.2. The van der Waals surface area contributed by atoms with Crippen molar-refractivity contribution in [2.24, 2.45) is 0 Å². The first-order valence-corrected chi connectivity index (χ1v) is 10.3. The van der Waals surface area contributed by atoms with Gasteiger partial charge in [-0.3, -0.25) is 4.57 Å². The summed E-state index contributed by atoms with van der Waals surface area (Å²) in [6.45, 7) is 3.67. The molecule has 31 heavy (non-hydrogen) atoms. The van der Waals surface area contributed by atoms with E-state index in [0.29, 0.717) is 48.7 Å². The third-order valence-corrected chi connectivity index (χ3v) is 5.57. The second-order valence-electron chi connectivity index (χ2n) is 8.37. The minimum Gasteiger partial charge on any atom is -0.393 e. The highest BCUT2D eigenvalue weighted by molar-refractivity contribution is 5.76. The number of halogens is 2. The van der Waals surface area contributed by atoms with Gasteiger partial charge in [0.15, 0.2) is 5.65 Å². The van der Waals surface area contributed by atoms with Crippen molar-refractivity contribution >= 4 is 28.7 Å². The van der Waals surface area contributed by atoms with Gasteiger partial charge in [0.1, 0.15) is 17.2 Å². The summed E-state index contributed by atoms with van der Waals surface area (Å²) >= 11 is 0. The number of fused-ring (bicyclic) bond motifs is 1. The first-order valence-electron chi connectivity index (χ1n) is 10.3.